The van der Waals surface area contributed by atoms with Gasteiger partial charge in [0, 0.05) is 17.4 Å². The van der Waals surface area contributed by atoms with Crippen LogP contribution in [0.2, 0.25) is 0 Å². The fourth-order valence-electron chi connectivity index (χ4n) is 3.44. The number of aromatic nitrogens is 4. The molecule has 5 aromatic rings. The highest BCUT2D eigenvalue weighted by atomic mass is 19.1. The summed E-state index contributed by atoms with van der Waals surface area (Å²) in [6.07, 6.45) is 3.72. The van der Waals surface area contributed by atoms with E-state index in [1.54, 1.807) is 25.3 Å². The van der Waals surface area contributed by atoms with Gasteiger partial charge in [-0.3, -0.25) is 4.40 Å². The van der Waals surface area contributed by atoms with Crippen molar-refractivity contribution in [3.8, 4) is 22.4 Å². The molecule has 0 saturated carbocycles. The van der Waals surface area contributed by atoms with Gasteiger partial charge in [0.15, 0.2) is 0 Å². The molecule has 3 aromatic heterocycles. The number of fused-ring (bicyclic) bond motifs is 1. The van der Waals surface area contributed by atoms with E-state index < -0.39 is 5.97 Å². The molecule has 0 bridgehead atoms. The number of anilines is 2. The minimum absolute atomic E-state index is 0.0808. The highest BCUT2D eigenvalue weighted by Crippen LogP contribution is 2.28. The lowest BCUT2D eigenvalue weighted by molar-refractivity contribution is 0.0481. The van der Waals surface area contributed by atoms with Crippen LogP contribution in [0.4, 0.5) is 16.1 Å². The Bertz CT molecular complexity index is 1440. The smallest absolute Gasteiger partial charge is 0.396 e. The third-order valence-electron chi connectivity index (χ3n) is 4.98. The van der Waals surface area contributed by atoms with Gasteiger partial charge >= 0.3 is 17.9 Å². The van der Waals surface area contributed by atoms with Gasteiger partial charge in [0.05, 0.1) is 18.5 Å². The fraction of sp³-hybridized carbons (Fsp3) is 0.0833. The average molecular weight is 443 g/mol. The molecule has 1 N–H and O–H groups in total. The second kappa shape index (κ2) is 8.54. The number of carbonyl (C=O) groups excluding carboxylic acids is 1. The third kappa shape index (κ3) is 4.16. The number of nitrogens with one attached hydrogen (secondary N) is 1. The maximum absolute atomic E-state index is 13.2. The largest absolute Gasteiger partial charge is 0.459 e. The topological polar surface area (TPSA) is 94.5 Å². The molecule has 0 spiro atoms. The fourth-order valence-corrected chi connectivity index (χ4v) is 3.44. The van der Waals surface area contributed by atoms with Crippen LogP contribution in [0.15, 0.2) is 77.5 Å². The van der Waals surface area contributed by atoms with Crippen molar-refractivity contribution in [2.24, 2.45) is 0 Å². The van der Waals surface area contributed by atoms with Crippen molar-refractivity contribution in [3.63, 3.8) is 0 Å². The van der Waals surface area contributed by atoms with Gasteiger partial charge in [0.1, 0.15) is 11.5 Å². The average Bonchev–Trinajstić information content (AvgIpc) is 3.47. The normalized spacial score (nSPS) is 11.0. The minimum Gasteiger partial charge on any atom is -0.459 e. The van der Waals surface area contributed by atoms with Gasteiger partial charge in [-0.15, -0.1) is 0 Å². The summed E-state index contributed by atoms with van der Waals surface area (Å²) in [6, 6.07) is 17.9. The number of benzene rings is 2. The zero-order valence-electron chi connectivity index (χ0n) is 17.5. The number of rotatable bonds is 6. The van der Waals surface area contributed by atoms with Crippen LogP contribution in [0.5, 0.6) is 0 Å². The lowest BCUT2D eigenvalue weighted by atomic mass is 10.1. The van der Waals surface area contributed by atoms with Crippen LogP contribution in [0, 0.1) is 5.82 Å². The van der Waals surface area contributed by atoms with Crippen LogP contribution in [0.25, 0.3) is 28.0 Å². The second-order valence-electron chi connectivity index (χ2n) is 7.13. The number of carbonyl (C=O) groups is 1. The molecule has 5 rings (SSSR count). The molecule has 3 heterocycles. The molecular formula is C24H18FN5O3. The first kappa shape index (κ1) is 20.4. The molecular weight excluding hydrogens is 425 g/mol. The SMILES string of the molecule is CCOC(=O)c1nnc(Nc2cccc(-c3cnc4cc(-c5ccc(F)cc5)ccn34)c2)o1. The summed E-state index contributed by atoms with van der Waals surface area (Å²) >= 11 is 0. The summed E-state index contributed by atoms with van der Waals surface area (Å²) < 4.78 is 25.4. The predicted octanol–water partition coefficient (Wildman–Crippen LogP) is 5.11. The Balaban J connectivity index is 1.41. The summed E-state index contributed by atoms with van der Waals surface area (Å²) in [5.74, 6) is -1.15. The van der Waals surface area contributed by atoms with E-state index in [-0.39, 0.29) is 24.3 Å². The molecule has 33 heavy (non-hydrogen) atoms. The van der Waals surface area contributed by atoms with E-state index in [0.29, 0.717) is 5.69 Å². The third-order valence-corrected chi connectivity index (χ3v) is 4.98. The number of hydrogen-bond acceptors (Lipinski definition) is 7. The van der Waals surface area contributed by atoms with E-state index in [1.807, 2.05) is 47.0 Å². The van der Waals surface area contributed by atoms with E-state index in [1.165, 1.54) is 12.1 Å². The van der Waals surface area contributed by atoms with Crippen molar-refractivity contribution < 1.29 is 18.3 Å². The Labute approximate surface area is 187 Å². The predicted molar refractivity (Wildman–Crippen MR) is 120 cm³/mol. The first-order valence-corrected chi connectivity index (χ1v) is 10.2. The molecule has 164 valence electrons. The van der Waals surface area contributed by atoms with Crippen LogP contribution in [0.1, 0.15) is 17.6 Å². The van der Waals surface area contributed by atoms with Crippen molar-refractivity contribution >= 4 is 23.3 Å². The van der Waals surface area contributed by atoms with Crippen molar-refractivity contribution in [2.75, 3.05) is 11.9 Å². The number of pyridine rings is 1. The monoisotopic (exact) mass is 443 g/mol. The number of esters is 1. The standard InChI is InChI=1S/C24H18FN5O3/c1-2-32-23(31)22-28-29-24(33-22)27-19-5-3-4-17(12-19)20-14-26-21-13-16(10-11-30(20)21)15-6-8-18(25)9-7-15/h3-14H,2H2,1H3,(H,27,29). The summed E-state index contributed by atoms with van der Waals surface area (Å²) in [7, 11) is 0. The van der Waals surface area contributed by atoms with Crippen LogP contribution in [-0.4, -0.2) is 32.2 Å². The summed E-state index contributed by atoms with van der Waals surface area (Å²) in [5.41, 5.74) is 5.12. The Morgan fingerprint density at radius 2 is 1.91 bits per heavy atom. The van der Waals surface area contributed by atoms with Crippen LogP contribution >= 0.6 is 0 Å². The Kier molecular flexibility index (Phi) is 5.27. The molecule has 0 aliphatic heterocycles. The number of hydrogen-bond donors (Lipinski definition) is 1. The van der Waals surface area contributed by atoms with Crippen LogP contribution < -0.4 is 5.32 Å². The molecule has 0 fully saturated rings. The van der Waals surface area contributed by atoms with E-state index in [2.05, 4.69) is 20.5 Å². The number of imidazole rings is 1. The summed E-state index contributed by atoms with van der Waals surface area (Å²) in [5, 5.41) is 10.5. The summed E-state index contributed by atoms with van der Waals surface area (Å²) in [4.78, 5) is 16.2. The van der Waals surface area contributed by atoms with Crippen LogP contribution in [0.3, 0.4) is 0 Å². The molecule has 0 amide bonds. The number of nitrogens with zero attached hydrogens (tertiary/aromatic N) is 4. The van der Waals surface area contributed by atoms with Gasteiger partial charge < -0.3 is 14.5 Å². The van der Waals surface area contributed by atoms with Gasteiger partial charge in [0.2, 0.25) is 0 Å². The molecule has 0 saturated heterocycles. The van der Waals surface area contributed by atoms with Gasteiger partial charge in [-0.2, -0.15) is 0 Å². The molecule has 0 aliphatic carbocycles. The Morgan fingerprint density at radius 1 is 1.06 bits per heavy atom. The molecule has 0 radical (unpaired) electrons. The lowest BCUT2D eigenvalue weighted by Gasteiger charge is -2.07. The quantitative estimate of drug-likeness (QED) is 0.364. The maximum Gasteiger partial charge on any atom is 0.396 e. The number of ether oxygens (including phenoxy) is 1. The Morgan fingerprint density at radius 3 is 2.73 bits per heavy atom. The second-order valence-corrected chi connectivity index (χ2v) is 7.13. The maximum atomic E-state index is 13.2. The number of halogens is 1. The van der Waals surface area contributed by atoms with E-state index in [0.717, 1.165) is 28.0 Å². The van der Waals surface area contributed by atoms with Gasteiger partial charge in [-0.1, -0.05) is 34.5 Å². The zero-order chi connectivity index (χ0) is 22.8. The molecule has 0 unspecified atom stereocenters. The Hall–Kier alpha value is -4.53. The summed E-state index contributed by atoms with van der Waals surface area (Å²) in [6.45, 7) is 1.92. The van der Waals surface area contributed by atoms with Crippen molar-refractivity contribution in [3.05, 3.63) is 84.8 Å². The van der Waals surface area contributed by atoms with E-state index in [9.17, 15) is 9.18 Å². The van der Waals surface area contributed by atoms with Gasteiger partial charge in [-0.25, -0.2) is 14.2 Å². The molecule has 0 aliphatic rings. The lowest BCUT2D eigenvalue weighted by Crippen LogP contribution is -2.04. The first-order chi connectivity index (χ1) is 16.1. The molecule has 8 nitrogen and oxygen atoms in total. The van der Waals surface area contributed by atoms with Crippen molar-refractivity contribution in [1.82, 2.24) is 19.6 Å². The van der Waals surface area contributed by atoms with Crippen LogP contribution in [-0.2, 0) is 4.74 Å². The van der Waals surface area contributed by atoms with Crippen molar-refractivity contribution in [2.45, 2.75) is 6.92 Å². The van der Waals surface area contributed by atoms with E-state index >= 15 is 0 Å². The van der Waals surface area contributed by atoms with Gasteiger partial charge in [-0.05, 0) is 54.4 Å². The molecule has 9 heteroatoms. The molecule has 0 atom stereocenters. The van der Waals surface area contributed by atoms with E-state index in [4.69, 9.17) is 9.15 Å². The zero-order valence-corrected chi connectivity index (χ0v) is 17.5. The van der Waals surface area contributed by atoms with Gasteiger partial charge in [0.25, 0.3) is 0 Å². The molecule has 2 aromatic carbocycles. The highest BCUT2D eigenvalue weighted by Gasteiger charge is 2.16. The highest BCUT2D eigenvalue weighted by molar-refractivity contribution is 5.84. The first-order valence-electron chi connectivity index (χ1n) is 10.2. The minimum atomic E-state index is -0.669. The van der Waals surface area contributed by atoms with Crippen molar-refractivity contribution in [1.29, 1.82) is 0 Å².